The highest BCUT2D eigenvalue weighted by Crippen LogP contribution is 2.27. The van der Waals surface area contributed by atoms with Crippen LogP contribution >= 0.6 is 0 Å². The average Bonchev–Trinajstić information content (AvgIpc) is 2.78. The third-order valence-corrected chi connectivity index (χ3v) is 5.42. The highest BCUT2D eigenvalue weighted by molar-refractivity contribution is 5.14. The van der Waals surface area contributed by atoms with Crippen molar-refractivity contribution in [3.8, 4) is 0 Å². The molecule has 0 bridgehead atoms. The van der Waals surface area contributed by atoms with E-state index in [2.05, 4.69) is 0 Å². The molecule has 0 radical (unpaired) electrons. The van der Waals surface area contributed by atoms with E-state index in [1.807, 2.05) is 60.7 Å². The Morgan fingerprint density at radius 3 is 2.10 bits per heavy atom. The van der Waals surface area contributed by atoms with Crippen molar-refractivity contribution in [3.63, 3.8) is 0 Å². The van der Waals surface area contributed by atoms with Crippen LogP contribution in [-0.2, 0) is 32.2 Å². The van der Waals surface area contributed by atoms with Crippen molar-refractivity contribution in [3.05, 3.63) is 71.8 Å². The molecule has 0 spiro atoms. The Morgan fingerprint density at radius 1 is 0.933 bits per heavy atom. The zero-order valence-corrected chi connectivity index (χ0v) is 17.4. The maximum absolute atomic E-state index is 11.0. The first-order valence-corrected chi connectivity index (χ1v) is 10.5. The molecule has 164 valence electrons. The number of aliphatic hydroxyl groups excluding tert-OH is 2. The number of methoxy groups -OCH3 is 1. The molecule has 1 aliphatic heterocycles. The van der Waals surface area contributed by atoms with Gasteiger partial charge in [-0.3, -0.25) is 0 Å². The van der Waals surface area contributed by atoms with Crippen molar-refractivity contribution in [2.75, 3.05) is 20.3 Å². The van der Waals surface area contributed by atoms with Gasteiger partial charge in [-0.05, 0) is 17.5 Å². The van der Waals surface area contributed by atoms with E-state index in [-0.39, 0.29) is 12.5 Å². The SMILES string of the molecule is COC1OCC(CCO)C(OCc2ccccc2)C(O)CC1OCc1ccccc1. The lowest BCUT2D eigenvalue weighted by molar-refractivity contribution is -0.236. The minimum absolute atomic E-state index is 0.00245. The minimum atomic E-state index is -0.771. The molecule has 0 aliphatic carbocycles. The lowest BCUT2D eigenvalue weighted by Crippen LogP contribution is -2.48. The van der Waals surface area contributed by atoms with Gasteiger partial charge in [0, 0.05) is 26.1 Å². The Balaban J connectivity index is 1.68. The molecule has 30 heavy (non-hydrogen) atoms. The number of benzene rings is 2. The summed E-state index contributed by atoms with van der Waals surface area (Å²) in [6.45, 7) is 1.09. The van der Waals surface area contributed by atoms with Gasteiger partial charge >= 0.3 is 0 Å². The molecule has 6 heteroatoms. The third-order valence-electron chi connectivity index (χ3n) is 5.42. The molecule has 0 saturated carbocycles. The summed E-state index contributed by atoms with van der Waals surface area (Å²) in [5, 5.41) is 20.5. The highest BCUT2D eigenvalue weighted by Gasteiger charge is 2.38. The van der Waals surface area contributed by atoms with Crippen molar-refractivity contribution in [2.24, 2.45) is 5.92 Å². The summed E-state index contributed by atoms with van der Waals surface area (Å²) in [7, 11) is 1.57. The van der Waals surface area contributed by atoms with Gasteiger partial charge in [0.15, 0.2) is 6.29 Å². The van der Waals surface area contributed by atoms with E-state index >= 15 is 0 Å². The number of rotatable bonds is 9. The number of hydrogen-bond acceptors (Lipinski definition) is 6. The summed E-state index contributed by atoms with van der Waals surface area (Å²) in [5.41, 5.74) is 2.07. The first-order valence-electron chi connectivity index (χ1n) is 10.5. The molecule has 5 atom stereocenters. The first-order chi connectivity index (χ1) is 14.7. The predicted octanol–water partition coefficient (Wildman–Crippen LogP) is 2.91. The fourth-order valence-electron chi connectivity index (χ4n) is 3.79. The largest absolute Gasteiger partial charge is 0.396 e. The van der Waals surface area contributed by atoms with Crippen molar-refractivity contribution < 1.29 is 29.2 Å². The normalized spacial score (nSPS) is 27.4. The Kier molecular flexibility index (Phi) is 9.27. The van der Waals surface area contributed by atoms with Crippen LogP contribution in [0.1, 0.15) is 24.0 Å². The second-order valence-corrected chi connectivity index (χ2v) is 7.61. The predicted molar refractivity (Wildman–Crippen MR) is 113 cm³/mol. The topological polar surface area (TPSA) is 77.4 Å². The molecular formula is C24H32O6. The van der Waals surface area contributed by atoms with Gasteiger partial charge in [0.05, 0.1) is 32.0 Å². The number of aliphatic hydroxyl groups is 2. The van der Waals surface area contributed by atoms with Gasteiger partial charge in [-0.25, -0.2) is 0 Å². The van der Waals surface area contributed by atoms with E-state index < -0.39 is 24.6 Å². The van der Waals surface area contributed by atoms with Crippen LogP contribution in [0, 0.1) is 5.92 Å². The molecule has 0 aromatic heterocycles. The van der Waals surface area contributed by atoms with E-state index in [0.717, 1.165) is 11.1 Å². The molecule has 1 aliphatic rings. The van der Waals surface area contributed by atoms with Crippen molar-refractivity contribution >= 4 is 0 Å². The quantitative estimate of drug-likeness (QED) is 0.655. The number of ether oxygens (including phenoxy) is 4. The van der Waals surface area contributed by atoms with E-state index in [1.54, 1.807) is 7.11 Å². The molecule has 1 heterocycles. The van der Waals surface area contributed by atoms with Gasteiger partial charge in [-0.2, -0.15) is 0 Å². The summed E-state index contributed by atoms with van der Waals surface area (Å²) in [5.74, 6) is -0.151. The Hall–Kier alpha value is -1.80. The van der Waals surface area contributed by atoms with Gasteiger partial charge in [0.2, 0.25) is 0 Å². The highest BCUT2D eigenvalue weighted by atomic mass is 16.7. The molecular weight excluding hydrogens is 384 g/mol. The minimum Gasteiger partial charge on any atom is -0.396 e. The van der Waals surface area contributed by atoms with Crippen LogP contribution in [0.15, 0.2) is 60.7 Å². The first kappa shape index (κ1) is 22.9. The van der Waals surface area contributed by atoms with Crippen molar-refractivity contribution in [1.29, 1.82) is 0 Å². The Morgan fingerprint density at radius 2 is 1.53 bits per heavy atom. The molecule has 2 aromatic rings. The average molecular weight is 417 g/mol. The molecule has 2 N–H and O–H groups in total. The van der Waals surface area contributed by atoms with E-state index in [4.69, 9.17) is 18.9 Å². The Labute approximate surface area is 178 Å². The zero-order valence-electron chi connectivity index (χ0n) is 17.4. The molecule has 3 rings (SSSR count). The van der Waals surface area contributed by atoms with Crippen LogP contribution < -0.4 is 0 Å². The van der Waals surface area contributed by atoms with Crippen LogP contribution in [0.25, 0.3) is 0 Å². The van der Waals surface area contributed by atoms with Crippen molar-refractivity contribution in [2.45, 2.75) is 50.7 Å². The maximum Gasteiger partial charge on any atom is 0.183 e. The van der Waals surface area contributed by atoms with E-state index in [0.29, 0.717) is 32.7 Å². The van der Waals surface area contributed by atoms with Gasteiger partial charge in [0.25, 0.3) is 0 Å². The fourth-order valence-corrected chi connectivity index (χ4v) is 3.79. The van der Waals surface area contributed by atoms with Gasteiger partial charge in [-0.1, -0.05) is 60.7 Å². The Bertz CT molecular complexity index is 710. The van der Waals surface area contributed by atoms with E-state index in [1.165, 1.54) is 0 Å². The van der Waals surface area contributed by atoms with Crippen LogP contribution in [0.5, 0.6) is 0 Å². The zero-order chi connectivity index (χ0) is 21.2. The molecule has 1 saturated heterocycles. The van der Waals surface area contributed by atoms with Gasteiger partial charge < -0.3 is 29.2 Å². The van der Waals surface area contributed by atoms with Gasteiger partial charge in [-0.15, -0.1) is 0 Å². The fraction of sp³-hybridized carbons (Fsp3) is 0.500. The summed E-state index contributed by atoms with van der Waals surface area (Å²) >= 11 is 0. The number of hydrogen-bond donors (Lipinski definition) is 2. The lowest BCUT2D eigenvalue weighted by atomic mass is 9.91. The van der Waals surface area contributed by atoms with Crippen LogP contribution in [0.2, 0.25) is 0 Å². The molecule has 1 fully saturated rings. The molecule has 5 unspecified atom stereocenters. The maximum atomic E-state index is 11.0. The summed E-state index contributed by atoms with van der Waals surface area (Å²) in [6.07, 6.45) is -1.50. The third kappa shape index (κ3) is 6.60. The lowest BCUT2D eigenvalue weighted by Gasteiger charge is -2.38. The summed E-state index contributed by atoms with van der Waals surface area (Å²) in [4.78, 5) is 0. The monoisotopic (exact) mass is 416 g/mol. The second kappa shape index (κ2) is 12.2. The molecule has 6 nitrogen and oxygen atoms in total. The standard InChI is InChI=1S/C24H32O6/c1-27-24-22(28-15-18-8-4-2-5-9-18)14-21(26)23(20(12-13-25)17-30-24)29-16-19-10-6-3-7-11-19/h2-11,20-26H,12-17H2,1H3. The summed E-state index contributed by atoms with van der Waals surface area (Å²) in [6, 6.07) is 19.7. The van der Waals surface area contributed by atoms with E-state index in [9.17, 15) is 10.2 Å². The molecule has 0 amide bonds. The van der Waals surface area contributed by atoms with Crippen molar-refractivity contribution in [1.82, 2.24) is 0 Å². The van der Waals surface area contributed by atoms with Crippen LogP contribution in [0.4, 0.5) is 0 Å². The van der Waals surface area contributed by atoms with Crippen LogP contribution in [0.3, 0.4) is 0 Å². The molecule has 2 aromatic carbocycles. The van der Waals surface area contributed by atoms with Crippen LogP contribution in [-0.4, -0.2) is 55.1 Å². The van der Waals surface area contributed by atoms with Gasteiger partial charge in [0.1, 0.15) is 6.10 Å². The second-order valence-electron chi connectivity index (χ2n) is 7.61. The summed E-state index contributed by atoms with van der Waals surface area (Å²) < 4.78 is 23.7. The smallest absolute Gasteiger partial charge is 0.183 e.